The molecule has 1 heterocycles. The van der Waals surface area contributed by atoms with Gasteiger partial charge in [0.15, 0.2) is 0 Å². The van der Waals surface area contributed by atoms with Crippen molar-refractivity contribution in [3.8, 4) is 11.3 Å². The fourth-order valence-corrected chi connectivity index (χ4v) is 2.09. The fraction of sp³-hybridized carbons (Fsp3) is 0.125. The molecule has 0 amide bonds. The Kier molecular flexibility index (Phi) is 3.11. The highest BCUT2D eigenvalue weighted by atomic mass is 15.4. The molecular weight excluding hydrogens is 234 g/mol. The Morgan fingerprint density at radius 3 is 2.21 bits per heavy atom. The van der Waals surface area contributed by atoms with Crippen LogP contribution in [0.15, 0.2) is 66.9 Å². The topological polar surface area (TPSA) is 30.7 Å². The van der Waals surface area contributed by atoms with Gasteiger partial charge in [0.1, 0.15) is 5.69 Å². The lowest BCUT2D eigenvalue weighted by Crippen LogP contribution is -2.07. The van der Waals surface area contributed by atoms with Crippen LogP contribution in [0.3, 0.4) is 0 Å². The molecule has 0 saturated carbocycles. The van der Waals surface area contributed by atoms with Gasteiger partial charge in [0, 0.05) is 5.56 Å². The molecule has 0 aliphatic rings. The monoisotopic (exact) mass is 249 g/mol. The third kappa shape index (κ3) is 2.40. The third-order valence-corrected chi connectivity index (χ3v) is 3.26. The van der Waals surface area contributed by atoms with Crippen molar-refractivity contribution in [2.24, 2.45) is 0 Å². The summed E-state index contributed by atoms with van der Waals surface area (Å²) in [6.45, 7) is 2.12. The molecule has 0 aliphatic carbocycles. The molecule has 1 aromatic heterocycles. The summed E-state index contributed by atoms with van der Waals surface area (Å²) < 4.78 is 1.90. The summed E-state index contributed by atoms with van der Waals surface area (Å²) in [5, 5.41) is 8.48. The highest BCUT2D eigenvalue weighted by Crippen LogP contribution is 2.20. The molecular formula is C16H15N3. The summed E-state index contributed by atoms with van der Waals surface area (Å²) >= 11 is 0. The van der Waals surface area contributed by atoms with E-state index in [1.807, 2.05) is 59.4 Å². The highest BCUT2D eigenvalue weighted by molar-refractivity contribution is 5.57. The van der Waals surface area contributed by atoms with E-state index in [4.69, 9.17) is 0 Å². The molecule has 0 unspecified atom stereocenters. The van der Waals surface area contributed by atoms with Gasteiger partial charge in [-0.3, -0.25) is 0 Å². The minimum atomic E-state index is 0.186. The molecule has 0 fully saturated rings. The zero-order chi connectivity index (χ0) is 13.1. The average Bonchev–Trinajstić information content (AvgIpc) is 2.98. The van der Waals surface area contributed by atoms with Crippen LogP contribution in [0, 0.1) is 0 Å². The van der Waals surface area contributed by atoms with Crippen LogP contribution in [0.4, 0.5) is 0 Å². The average molecular weight is 249 g/mol. The lowest BCUT2D eigenvalue weighted by molar-refractivity contribution is 0.543. The molecule has 0 N–H and O–H groups in total. The van der Waals surface area contributed by atoms with Crippen LogP contribution in [0.25, 0.3) is 11.3 Å². The number of nitrogens with zero attached hydrogens (tertiary/aromatic N) is 3. The Morgan fingerprint density at radius 1 is 0.895 bits per heavy atom. The lowest BCUT2D eigenvalue weighted by Gasteiger charge is -2.10. The maximum absolute atomic E-state index is 4.25. The van der Waals surface area contributed by atoms with Crippen molar-refractivity contribution in [1.29, 1.82) is 0 Å². The van der Waals surface area contributed by atoms with E-state index in [1.54, 1.807) is 0 Å². The summed E-state index contributed by atoms with van der Waals surface area (Å²) in [5.41, 5.74) is 3.23. The summed E-state index contributed by atoms with van der Waals surface area (Å²) in [7, 11) is 0. The normalized spacial score (nSPS) is 12.3. The van der Waals surface area contributed by atoms with Gasteiger partial charge < -0.3 is 0 Å². The summed E-state index contributed by atoms with van der Waals surface area (Å²) in [6, 6.07) is 20.6. The van der Waals surface area contributed by atoms with E-state index in [9.17, 15) is 0 Å². The van der Waals surface area contributed by atoms with E-state index in [1.165, 1.54) is 5.56 Å². The van der Waals surface area contributed by atoms with Crippen molar-refractivity contribution in [3.63, 3.8) is 0 Å². The van der Waals surface area contributed by atoms with Gasteiger partial charge in [0.2, 0.25) is 0 Å². The van der Waals surface area contributed by atoms with Gasteiger partial charge in [-0.2, -0.15) is 0 Å². The first-order valence-corrected chi connectivity index (χ1v) is 6.37. The Labute approximate surface area is 112 Å². The summed E-state index contributed by atoms with van der Waals surface area (Å²) in [5.74, 6) is 0. The van der Waals surface area contributed by atoms with E-state index in [0.717, 1.165) is 11.3 Å². The molecule has 0 spiro atoms. The zero-order valence-corrected chi connectivity index (χ0v) is 10.8. The van der Waals surface area contributed by atoms with Crippen molar-refractivity contribution < 1.29 is 0 Å². The predicted octanol–water partition coefficient (Wildman–Crippen LogP) is 3.55. The zero-order valence-electron chi connectivity index (χ0n) is 10.8. The molecule has 0 bridgehead atoms. The summed E-state index contributed by atoms with van der Waals surface area (Å²) in [6.07, 6.45) is 1.99. The third-order valence-electron chi connectivity index (χ3n) is 3.26. The molecule has 2 aromatic carbocycles. The Hall–Kier alpha value is -2.42. The standard InChI is InChI=1S/C16H15N3/c1-13(14-8-4-2-5-9-14)19-12-16(17-18-19)15-10-6-3-7-11-15/h2-13H,1H3/t13-/m1/s1. The molecule has 3 heteroatoms. The quantitative estimate of drug-likeness (QED) is 0.710. The predicted molar refractivity (Wildman–Crippen MR) is 75.7 cm³/mol. The smallest absolute Gasteiger partial charge is 0.113 e. The molecule has 3 nitrogen and oxygen atoms in total. The molecule has 0 saturated heterocycles. The molecule has 0 radical (unpaired) electrons. The SMILES string of the molecule is C[C@H](c1ccccc1)n1cc(-c2ccccc2)nn1. The van der Waals surface area contributed by atoms with Crippen molar-refractivity contribution in [2.45, 2.75) is 13.0 Å². The first-order chi connectivity index (χ1) is 9.34. The minimum absolute atomic E-state index is 0.186. The van der Waals surface area contributed by atoms with Crippen LogP contribution in [0.5, 0.6) is 0 Å². The van der Waals surface area contributed by atoms with Gasteiger partial charge in [-0.15, -0.1) is 5.10 Å². The second-order valence-electron chi connectivity index (χ2n) is 4.54. The van der Waals surface area contributed by atoms with Gasteiger partial charge in [-0.1, -0.05) is 65.9 Å². The first-order valence-electron chi connectivity index (χ1n) is 6.37. The van der Waals surface area contributed by atoms with Gasteiger partial charge in [0.25, 0.3) is 0 Å². The van der Waals surface area contributed by atoms with E-state index in [-0.39, 0.29) is 6.04 Å². The fourth-order valence-electron chi connectivity index (χ4n) is 2.09. The van der Waals surface area contributed by atoms with E-state index in [2.05, 4.69) is 29.4 Å². The molecule has 19 heavy (non-hydrogen) atoms. The highest BCUT2D eigenvalue weighted by Gasteiger charge is 2.10. The Bertz CT molecular complexity index is 644. The van der Waals surface area contributed by atoms with Crippen LogP contribution in [-0.2, 0) is 0 Å². The number of hydrogen-bond acceptors (Lipinski definition) is 2. The van der Waals surface area contributed by atoms with E-state index in [0.29, 0.717) is 0 Å². The summed E-state index contributed by atoms with van der Waals surface area (Å²) in [4.78, 5) is 0. The van der Waals surface area contributed by atoms with Crippen molar-refractivity contribution in [2.75, 3.05) is 0 Å². The molecule has 94 valence electrons. The van der Waals surface area contributed by atoms with Crippen molar-refractivity contribution in [1.82, 2.24) is 15.0 Å². The molecule has 0 aliphatic heterocycles. The van der Waals surface area contributed by atoms with Crippen LogP contribution < -0.4 is 0 Å². The second-order valence-corrected chi connectivity index (χ2v) is 4.54. The van der Waals surface area contributed by atoms with Crippen LogP contribution >= 0.6 is 0 Å². The van der Waals surface area contributed by atoms with E-state index < -0.39 is 0 Å². The maximum atomic E-state index is 4.25. The van der Waals surface area contributed by atoms with Crippen LogP contribution in [0.2, 0.25) is 0 Å². The number of hydrogen-bond donors (Lipinski definition) is 0. The maximum Gasteiger partial charge on any atom is 0.113 e. The van der Waals surface area contributed by atoms with Crippen LogP contribution in [-0.4, -0.2) is 15.0 Å². The number of rotatable bonds is 3. The van der Waals surface area contributed by atoms with Gasteiger partial charge in [0.05, 0.1) is 12.2 Å². The second kappa shape index (κ2) is 5.06. The number of benzene rings is 2. The van der Waals surface area contributed by atoms with Crippen LogP contribution in [0.1, 0.15) is 18.5 Å². The minimum Gasteiger partial charge on any atom is -0.245 e. The lowest BCUT2D eigenvalue weighted by atomic mass is 10.1. The van der Waals surface area contributed by atoms with Gasteiger partial charge in [-0.05, 0) is 12.5 Å². The first kappa shape index (κ1) is 11.7. The Morgan fingerprint density at radius 2 is 1.53 bits per heavy atom. The Balaban J connectivity index is 1.90. The molecule has 3 aromatic rings. The van der Waals surface area contributed by atoms with Gasteiger partial charge >= 0.3 is 0 Å². The van der Waals surface area contributed by atoms with E-state index >= 15 is 0 Å². The van der Waals surface area contributed by atoms with Crippen molar-refractivity contribution >= 4 is 0 Å². The van der Waals surface area contributed by atoms with Gasteiger partial charge in [-0.25, -0.2) is 4.68 Å². The number of aromatic nitrogens is 3. The molecule has 1 atom stereocenters. The largest absolute Gasteiger partial charge is 0.245 e. The van der Waals surface area contributed by atoms with Crippen molar-refractivity contribution in [3.05, 3.63) is 72.4 Å². The molecule has 3 rings (SSSR count).